The standard InChI is InChI=1S/C69H70O/c1-31-23-21-25-49-47(17)61-64-60(44(14)39(9)46(16)67(64)70-68(61)48(18)56(31)49)63-54-28-34(4)36(6)43(13)59(54)62(50-26-22-24-32(2)57(50)63)53-29-51(40(10)38(8)41(53)11)52-30-55-58-35(5)27-33(3)37(7)66(58)69(19,20)65(55)45(15)42(52)12/h21-30H,1-20H3/i21D,22D,23D,24D,25D,26D,27D,28D,29D,30D. The average Bonchev–Trinajstić information content (AvgIpc) is 3.09. The van der Waals surface area contributed by atoms with Gasteiger partial charge in [-0.15, -0.1) is 0 Å². The second-order valence-corrected chi connectivity index (χ2v) is 21.6. The van der Waals surface area contributed by atoms with Crippen molar-refractivity contribution >= 4 is 54.3 Å². The number of rotatable bonds is 3. The van der Waals surface area contributed by atoms with Crippen LogP contribution >= 0.6 is 0 Å². The fourth-order valence-corrected chi connectivity index (χ4v) is 13.2. The Balaban J connectivity index is 1.40. The van der Waals surface area contributed by atoms with Gasteiger partial charge in [-0.2, -0.15) is 0 Å². The first-order chi connectivity index (χ1) is 37.2. The molecule has 0 N–H and O–H groups in total. The molecule has 1 aliphatic rings. The van der Waals surface area contributed by atoms with Crippen LogP contribution in [0.3, 0.4) is 0 Å². The highest BCUT2D eigenvalue weighted by atomic mass is 16.3. The lowest BCUT2D eigenvalue weighted by atomic mass is 9.75. The summed E-state index contributed by atoms with van der Waals surface area (Å²) in [5.41, 5.74) is 23.6. The summed E-state index contributed by atoms with van der Waals surface area (Å²) in [7, 11) is 0. The largest absolute Gasteiger partial charge is 0.455 e. The van der Waals surface area contributed by atoms with Crippen molar-refractivity contribution in [1.29, 1.82) is 0 Å². The van der Waals surface area contributed by atoms with E-state index in [9.17, 15) is 11.0 Å². The molecule has 0 aliphatic heterocycles. The zero-order valence-corrected chi connectivity index (χ0v) is 44.9. The van der Waals surface area contributed by atoms with Gasteiger partial charge in [0.2, 0.25) is 0 Å². The summed E-state index contributed by atoms with van der Waals surface area (Å²) in [6, 6.07) is 0.521. The van der Waals surface area contributed by atoms with Gasteiger partial charge in [0, 0.05) is 21.8 Å². The molecule has 0 fully saturated rings. The zero-order chi connectivity index (χ0) is 58.9. The Morgan fingerprint density at radius 3 is 1.54 bits per heavy atom. The molecule has 0 atom stereocenters. The van der Waals surface area contributed by atoms with Crippen LogP contribution in [0.4, 0.5) is 0 Å². The minimum atomic E-state index is -0.461. The molecule has 0 saturated heterocycles. The molecule has 11 rings (SSSR count). The van der Waals surface area contributed by atoms with E-state index in [1.807, 2.05) is 76.2 Å². The van der Waals surface area contributed by atoms with Crippen molar-refractivity contribution in [2.24, 2.45) is 0 Å². The minimum Gasteiger partial charge on any atom is -0.455 e. The van der Waals surface area contributed by atoms with Gasteiger partial charge < -0.3 is 4.42 Å². The molecule has 0 amide bonds. The summed E-state index contributed by atoms with van der Waals surface area (Å²) >= 11 is 0. The molecule has 70 heavy (non-hydrogen) atoms. The van der Waals surface area contributed by atoms with Crippen molar-refractivity contribution in [3.8, 4) is 44.5 Å². The maximum Gasteiger partial charge on any atom is 0.139 e. The Morgan fingerprint density at radius 2 is 0.871 bits per heavy atom. The predicted octanol–water partition coefficient (Wildman–Crippen LogP) is 19.9. The van der Waals surface area contributed by atoms with Crippen molar-refractivity contribution in [2.75, 3.05) is 0 Å². The highest BCUT2D eigenvalue weighted by Crippen LogP contribution is 2.57. The number of fused-ring (bicyclic) bond motifs is 9. The van der Waals surface area contributed by atoms with Gasteiger partial charge in [0.25, 0.3) is 0 Å². The molecule has 1 heteroatoms. The van der Waals surface area contributed by atoms with Gasteiger partial charge in [-0.05, 0) is 319 Å². The minimum absolute atomic E-state index is 0.00531. The van der Waals surface area contributed by atoms with Crippen LogP contribution in [0.5, 0.6) is 0 Å². The summed E-state index contributed by atoms with van der Waals surface area (Å²) in [6.07, 6.45) is 0. The topological polar surface area (TPSA) is 13.1 Å². The van der Waals surface area contributed by atoms with Crippen LogP contribution in [0.1, 0.15) is 139 Å². The maximum absolute atomic E-state index is 10.9. The van der Waals surface area contributed by atoms with Crippen molar-refractivity contribution in [3.05, 3.63) is 172 Å². The van der Waals surface area contributed by atoms with Crippen LogP contribution in [0, 0.1) is 125 Å². The molecule has 1 aliphatic carbocycles. The Bertz CT molecular complexity index is 4600. The molecule has 0 saturated carbocycles. The predicted molar refractivity (Wildman–Crippen MR) is 305 cm³/mol. The fourth-order valence-electron chi connectivity index (χ4n) is 13.2. The van der Waals surface area contributed by atoms with Gasteiger partial charge in [-0.3, -0.25) is 0 Å². The third-order valence-electron chi connectivity index (χ3n) is 17.8. The summed E-state index contributed by atoms with van der Waals surface area (Å²) in [6.45, 7) is 40.7. The van der Waals surface area contributed by atoms with Crippen molar-refractivity contribution < 1.29 is 18.1 Å². The van der Waals surface area contributed by atoms with Crippen LogP contribution in [-0.4, -0.2) is 0 Å². The Kier molecular flexibility index (Phi) is 7.78. The number of benzene rings is 9. The van der Waals surface area contributed by atoms with E-state index < -0.39 is 5.41 Å². The van der Waals surface area contributed by atoms with E-state index in [0.717, 1.165) is 128 Å². The van der Waals surface area contributed by atoms with Gasteiger partial charge in [0.15, 0.2) is 0 Å². The Labute approximate surface area is 431 Å². The molecular weight excluding hydrogens is 845 g/mol. The molecule has 10 aromatic rings. The summed E-state index contributed by atoms with van der Waals surface area (Å²) in [5.74, 6) is 0. The van der Waals surface area contributed by atoms with E-state index in [2.05, 4.69) is 62.3 Å². The molecule has 0 spiro atoms. The number of aryl methyl sites for hydroxylation is 6. The van der Waals surface area contributed by atoms with Crippen LogP contribution in [0.2, 0.25) is 0 Å². The third kappa shape index (κ3) is 5.78. The van der Waals surface area contributed by atoms with Crippen molar-refractivity contribution in [3.63, 3.8) is 0 Å². The third-order valence-corrected chi connectivity index (χ3v) is 17.8. The average molecular weight is 925 g/mol. The van der Waals surface area contributed by atoms with Gasteiger partial charge in [0.1, 0.15) is 11.2 Å². The van der Waals surface area contributed by atoms with E-state index in [4.69, 9.17) is 7.16 Å². The van der Waals surface area contributed by atoms with Gasteiger partial charge in [-0.1, -0.05) is 62.2 Å². The molecule has 0 unspecified atom stereocenters. The monoisotopic (exact) mass is 925 g/mol. The van der Waals surface area contributed by atoms with Crippen LogP contribution in [0.15, 0.2) is 64.8 Å². The molecule has 9 aromatic carbocycles. The van der Waals surface area contributed by atoms with Gasteiger partial charge in [-0.25, -0.2) is 0 Å². The quantitative estimate of drug-likeness (QED) is 0.161. The zero-order valence-electron chi connectivity index (χ0n) is 54.9. The Hall–Kier alpha value is -6.44. The van der Waals surface area contributed by atoms with E-state index in [1.54, 1.807) is 0 Å². The number of furan rings is 1. The van der Waals surface area contributed by atoms with Crippen molar-refractivity contribution in [1.82, 2.24) is 0 Å². The summed E-state index contributed by atoms with van der Waals surface area (Å²) < 4.78 is 105. The van der Waals surface area contributed by atoms with E-state index in [1.165, 1.54) is 0 Å². The number of hydrogen-bond acceptors (Lipinski definition) is 1. The normalized spacial score (nSPS) is 15.3. The summed E-state index contributed by atoms with van der Waals surface area (Å²) in [4.78, 5) is 0. The molecule has 0 bridgehead atoms. The number of hydrogen-bond donors (Lipinski definition) is 0. The first kappa shape index (κ1) is 35.6. The molecule has 0 radical (unpaired) electrons. The Morgan fingerprint density at radius 1 is 0.314 bits per heavy atom. The molecule has 352 valence electrons. The van der Waals surface area contributed by atoms with Crippen LogP contribution in [-0.2, 0) is 5.41 Å². The lowest BCUT2D eigenvalue weighted by Crippen LogP contribution is -2.19. The van der Waals surface area contributed by atoms with E-state index in [-0.39, 0.29) is 48.3 Å². The fraction of sp³-hybridized carbons (Fsp3) is 0.304. The lowest BCUT2D eigenvalue weighted by molar-refractivity contribution is 0.649. The first-order valence-corrected chi connectivity index (χ1v) is 24.9. The van der Waals surface area contributed by atoms with E-state index in [0.29, 0.717) is 94.5 Å². The highest BCUT2D eigenvalue weighted by molar-refractivity contribution is 6.29. The van der Waals surface area contributed by atoms with Gasteiger partial charge >= 0.3 is 0 Å². The molecule has 1 nitrogen and oxygen atoms in total. The van der Waals surface area contributed by atoms with Crippen LogP contribution < -0.4 is 0 Å². The van der Waals surface area contributed by atoms with Crippen LogP contribution in [0.25, 0.3) is 98.8 Å². The lowest BCUT2D eigenvalue weighted by Gasteiger charge is -2.28. The van der Waals surface area contributed by atoms with Crippen molar-refractivity contribution in [2.45, 2.75) is 144 Å². The molecule has 1 aromatic heterocycles. The summed E-state index contributed by atoms with van der Waals surface area (Å²) in [5, 5.41) is 4.99. The van der Waals surface area contributed by atoms with E-state index >= 15 is 0 Å². The molecular formula is C69H70O. The smallest absolute Gasteiger partial charge is 0.139 e. The second-order valence-electron chi connectivity index (χ2n) is 21.6. The SMILES string of the molecule is [2H]c1c(C)c(C)c2c(c1C)-c1c([2H])c(-c3c([2H])c(-c4c5c([2H])c([2H])c([2H])c(C)c5c(-c5c(C)c(C)c(C)c6oc7c(C)c8c(C)c([2H])c([2H])c([2H])c8c(C)c7c56)c5c([2H])c(C)c(C)c(C)c45)c(C)c(C)c3C)c(C)c(C)c1C2(C)C. The second kappa shape index (κ2) is 15.3. The molecule has 1 heterocycles. The maximum atomic E-state index is 10.9. The first-order valence-electron chi connectivity index (χ1n) is 29.9. The van der Waals surface area contributed by atoms with Gasteiger partial charge in [0.05, 0.1) is 13.7 Å². The highest BCUT2D eigenvalue weighted by Gasteiger charge is 2.40.